The Morgan fingerprint density at radius 2 is 1.66 bits per heavy atom. The fourth-order valence-corrected chi connectivity index (χ4v) is 5.28. The monoisotopic (exact) mass is 601 g/mol. The largest absolute Gasteiger partial charge is 0.493 e. The molecule has 44 heavy (non-hydrogen) atoms. The number of hydrogen-bond acceptors (Lipinski definition) is 6. The van der Waals surface area contributed by atoms with Crippen molar-refractivity contribution in [3.63, 3.8) is 0 Å². The normalized spacial score (nSPS) is 14.5. The van der Waals surface area contributed by atoms with E-state index in [1.807, 2.05) is 72.8 Å². The standard InChI is InChI=1S/C35H43N3O6/c1-26(2)25-44-31-12-7-11-28(21-31)29-13-14-30-24-37(34(40)35(41)42)19-18-36(23-27-9-5-4-6-10-27)16-8-17-38(32(30)22-29)33(39)15-20-43-3/h4-7,9-14,21-22,26H,8,15-20,23-25H2,1-3H3,(H,41,42). The molecule has 0 saturated heterocycles. The number of aliphatic carboxylic acids is 1. The zero-order valence-electron chi connectivity index (χ0n) is 25.9. The number of nitrogens with zero attached hydrogens (tertiary/aromatic N) is 3. The second-order valence-corrected chi connectivity index (χ2v) is 11.5. The smallest absolute Gasteiger partial charge is 0.394 e. The highest BCUT2D eigenvalue weighted by Gasteiger charge is 2.27. The highest BCUT2D eigenvalue weighted by molar-refractivity contribution is 6.31. The molecule has 0 aromatic heterocycles. The second-order valence-electron chi connectivity index (χ2n) is 11.5. The fourth-order valence-electron chi connectivity index (χ4n) is 5.28. The van der Waals surface area contributed by atoms with E-state index in [4.69, 9.17) is 9.47 Å². The molecule has 4 rings (SSSR count). The molecule has 1 heterocycles. The minimum atomic E-state index is -1.50. The number of ether oxygens (including phenoxy) is 2. The summed E-state index contributed by atoms with van der Waals surface area (Å²) in [6.45, 7) is 7.67. The molecule has 0 aliphatic carbocycles. The van der Waals surface area contributed by atoms with Crippen molar-refractivity contribution in [1.82, 2.24) is 9.80 Å². The third-order valence-electron chi connectivity index (χ3n) is 7.57. The summed E-state index contributed by atoms with van der Waals surface area (Å²) in [7, 11) is 1.57. The van der Waals surface area contributed by atoms with Gasteiger partial charge in [0, 0.05) is 52.1 Å². The highest BCUT2D eigenvalue weighted by Crippen LogP contribution is 2.32. The number of benzene rings is 3. The second kappa shape index (κ2) is 16.0. The van der Waals surface area contributed by atoms with E-state index in [9.17, 15) is 19.5 Å². The van der Waals surface area contributed by atoms with Gasteiger partial charge in [-0.2, -0.15) is 0 Å². The van der Waals surface area contributed by atoms with Gasteiger partial charge < -0.3 is 24.4 Å². The van der Waals surface area contributed by atoms with E-state index < -0.39 is 11.9 Å². The molecule has 0 unspecified atom stereocenters. The van der Waals surface area contributed by atoms with Gasteiger partial charge in [0.15, 0.2) is 0 Å². The maximum Gasteiger partial charge on any atom is 0.394 e. The van der Waals surface area contributed by atoms with Crippen molar-refractivity contribution in [2.24, 2.45) is 5.92 Å². The molecule has 0 bridgehead atoms. The van der Waals surface area contributed by atoms with E-state index in [0.717, 1.165) is 22.4 Å². The molecule has 1 aliphatic rings. The quantitative estimate of drug-likeness (QED) is 0.342. The lowest BCUT2D eigenvalue weighted by Crippen LogP contribution is -2.41. The van der Waals surface area contributed by atoms with E-state index >= 15 is 0 Å². The van der Waals surface area contributed by atoms with Gasteiger partial charge in [-0.25, -0.2) is 4.79 Å². The summed E-state index contributed by atoms with van der Waals surface area (Å²) in [5.74, 6) is -1.41. The van der Waals surface area contributed by atoms with Crippen molar-refractivity contribution in [3.05, 3.63) is 83.9 Å². The zero-order chi connectivity index (χ0) is 31.5. The number of methoxy groups -OCH3 is 1. The summed E-state index contributed by atoms with van der Waals surface area (Å²) >= 11 is 0. The van der Waals surface area contributed by atoms with Crippen LogP contribution in [0.4, 0.5) is 5.69 Å². The number of anilines is 1. The van der Waals surface area contributed by atoms with Crippen LogP contribution in [0.15, 0.2) is 72.8 Å². The third kappa shape index (κ3) is 9.14. The van der Waals surface area contributed by atoms with Gasteiger partial charge in [-0.05, 0) is 52.8 Å². The van der Waals surface area contributed by atoms with Gasteiger partial charge in [-0.3, -0.25) is 14.5 Å². The number of carboxylic acids is 1. The van der Waals surface area contributed by atoms with Gasteiger partial charge in [0.2, 0.25) is 5.91 Å². The van der Waals surface area contributed by atoms with E-state index in [0.29, 0.717) is 56.4 Å². The molecule has 234 valence electrons. The van der Waals surface area contributed by atoms with Gasteiger partial charge in [0.05, 0.1) is 19.6 Å². The SMILES string of the molecule is COCCC(=O)N1CCCN(Cc2ccccc2)CCN(C(=O)C(=O)O)Cc2ccc(-c3cccc(OCC(C)C)c3)cc21. The third-order valence-corrected chi connectivity index (χ3v) is 7.57. The van der Waals surface area contributed by atoms with Crippen molar-refractivity contribution >= 4 is 23.5 Å². The Kier molecular flexibility index (Phi) is 11.9. The predicted octanol–water partition coefficient (Wildman–Crippen LogP) is 5.08. The van der Waals surface area contributed by atoms with Crippen LogP contribution < -0.4 is 9.64 Å². The lowest BCUT2D eigenvalue weighted by atomic mass is 10.0. The van der Waals surface area contributed by atoms with Crippen molar-refractivity contribution in [2.45, 2.75) is 39.8 Å². The van der Waals surface area contributed by atoms with Crippen molar-refractivity contribution in [2.75, 3.05) is 51.4 Å². The Hall–Kier alpha value is -4.21. The minimum absolute atomic E-state index is 0.0610. The van der Waals surface area contributed by atoms with Crippen LogP contribution in [0.1, 0.15) is 37.8 Å². The lowest BCUT2D eigenvalue weighted by molar-refractivity contribution is -0.156. The molecule has 0 radical (unpaired) electrons. The average Bonchev–Trinajstić information content (AvgIpc) is 3.06. The Morgan fingerprint density at radius 1 is 0.886 bits per heavy atom. The molecule has 3 aromatic carbocycles. The van der Waals surface area contributed by atoms with Crippen LogP contribution in [0, 0.1) is 5.92 Å². The van der Waals surface area contributed by atoms with Crippen LogP contribution >= 0.6 is 0 Å². The van der Waals surface area contributed by atoms with E-state index in [1.165, 1.54) is 4.90 Å². The predicted molar refractivity (Wildman–Crippen MR) is 170 cm³/mol. The number of rotatable bonds is 9. The first-order chi connectivity index (χ1) is 21.2. The molecule has 3 aromatic rings. The van der Waals surface area contributed by atoms with Crippen molar-refractivity contribution in [1.29, 1.82) is 0 Å². The molecule has 9 nitrogen and oxygen atoms in total. The Balaban J connectivity index is 1.73. The van der Waals surface area contributed by atoms with Gasteiger partial charge >= 0.3 is 11.9 Å². The number of carboxylic acid groups (broad SMARTS) is 1. The molecule has 9 heteroatoms. The Bertz CT molecular complexity index is 1410. The minimum Gasteiger partial charge on any atom is -0.493 e. The van der Waals surface area contributed by atoms with E-state index in [2.05, 4.69) is 18.7 Å². The number of fused-ring (bicyclic) bond motifs is 1. The number of hydrogen-bond donors (Lipinski definition) is 1. The topological polar surface area (TPSA) is 99.6 Å². The van der Waals surface area contributed by atoms with Crippen LogP contribution in [0.25, 0.3) is 11.1 Å². The maximum absolute atomic E-state index is 13.7. The first-order valence-corrected chi connectivity index (χ1v) is 15.2. The summed E-state index contributed by atoms with van der Waals surface area (Å²) in [4.78, 5) is 43.8. The van der Waals surface area contributed by atoms with E-state index in [1.54, 1.807) is 12.0 Å². The molecule has 1 aliphatic heterocycles. The summed E-state index contributed by atoms with van der Waals surface area (Å²) in [5.41, 5.74) is 4.31. The lowest BCUT2D eigenvalue weighted by Gasteiger charge is -2.28. The van der Waals surface area contributed by atoms with Crippen molar-refractivity contribution in [3.8, 4) is 16.9 Å². The molecule has 2 amide bonds. The molecular formula is C35H43N3O6. The number of carbonyl (C=O) groups is 3. The molecule has 0 spiro atoms. The fraction of sp³-hybridized carbons (Fsp3) is 0.400. The Morgan fingerprint density at radius 3 is 2.39 bits per heavy atom. The van der Waals surface area contributed by atoms with Crippen molar-refractivity contribution < 1.29 is 29.0 Å². The van der Waals surface area contributed by atoms with Gasteiger partial charge in [-0.1, -0.05) is 68.4 Å². The van der Waals surface area contributed by atoms with E-state index in [-0.39, 0.29) is 32.0 Å². The molecule has 0 saturated carbocycles. The van der Waals surface area contributed by atoms with Crippen LogP contribution in [0.3, 0.4) is 0 Å². The highest BCUT2D eigenvalue weighted by atomic mass is 16.5. The average molecular weight is 602 g/mol. The van der Waals surface area contributed by atoms with Gasteiger partial charge in [-0.15, -0.1) is 0 Å². The summed E-state index contributed by atoms with van der Waals surface area (Å²) in [5, 5.41) is 9.67. The number of carbonyl (C=O) groups excluding carboxylic acids is 2. The molecule has 0 atom stereocenters. The van der Waals surface area contributed by atoms with Gasteiger partial charge in [0.25, 0.3) is 0 Å². The number of amides is 2. The molecule has 0 fully saturated rings. The summed E-state index contributed by atoms with van der Waals surface area (Å²) in [6, 6.07) is 23.7. The first kappa shape index (κ1) is 32.7. The first-order valence-electron chi connectivity index (χ1n) is 15.2. The molecular weight excluding hydrogens is 558 g/mol. The summed E-state index contributed by atoms with van der Waals surface area (Å²) in [6.07, 6.45) is 0.894. The van der Waals surface area contributed by atoms with Crippen LogP contribution in [-0.2, 0) is 32.2 Å². The summed E-state index contributed by atoms with van der Waals surface area (Å²) < 4.78 is 11.2. The Labute approximate surface area is 260 Å². The maximum atomic E-state index is 13.7. The molecule has 1 N–H and O–H groups in total. The van der Waals surface area contributed by atoms with Gasteiger partial charge in [0.1, 0.15) is 5.75 Å². The van der Waals surface area contributed by atoms with Crippen LogP contribution in [0.2, 0.25) is 0 Å². The van der Waals surface area contributed by atoms with Crippen LogP contribution in [0.5, 0.6) is 5.75 Å². The zero-order valence-corrected chi connectivity index (χ0v) is 25.9. The van der Waals surface area contributed by atoms with Crippen LogP contribution in [-0.4, -0.2) is 79.2 Å².